The second-order valence-electron chi connectivity index (χ2n) is 6.15. The largest absolute Gasteiger partial charge is 0.489 e. The molecule has 5 nitrogen and oxygen atoms in total. The molecule has 0 aliphatic carbocycles. The van der Waals surface area contributed by atoms with Crippen molar-refractivity contribution in [2.24, 2.45) is 4.99 Å². The zero-order chi connectivity index (χ0) is 19.5. The Kier molecular flexibility index (Phi) is 11.5. The highest BCUT2D eigenvalue weighted by atomic mass is 127. The number of rotatable bonds is 9. The molecule has 1 unspecified atom stereocenters. The fraction of sp³-hybridized carbons (Fsp3) is 0.381. The molecule has 2 N–H and O–H groups in total. The van der Waals surface area contributed by atoms with Crippen LogP contribution in [0.4, 0.5) is 4.39 Å². The van der Waals surface area contributed by atoms with Crippen LogP contribution in [0, 0.1) is 5.82 Å². The topological polar surface area (TPSA) is 54.9 Å². The molecule has 0 aliphatic heterocycles. The third-order valence-electron chi connectivity index (χ3n) is 3.87. The standard InChI is InChI=1S/C21H28FN3O2.HI/c1-4-26-15-18-10-8-17(9-11-18)14-25-21(23-3)24-13-16(2)27-20-7-5-6-19(22)12-20;/h5-12,16H,4,13-15H2,1-3H3,(H2,23,24,25);1H. The van der Waals surface area contributed by atoms with Gasteiger partial charge < -0.3 is 20.1 Å². The minimum atomic E-state index is -0.308. The van der Waals surface area contributed by atoms with E-state index >= 15 is 0 Å². The molecule has 0 bridgehead atoms. The Morgan fingerprint density at radius 3 is 2.46 bits per heavy atom. The molecule has 0 saturated heterocycles. The van der Waals surface area contributed by atoms with Gasteiger partial charge in [-0.25, -0.2) is 4.39 Å². The van der Waals surface area contributed by atoms with Crippen LogP contribution < -0.4 is 15.4 Å². The molecule has 1 atom stereocenters. The second kappa shape index (κ2) is 13.3. The molecule has 0 saturated carbocycles. The SMILES string of the molecule is CCOCc1ccc(CNC(=NC)NCC(C)Oc2cccc(F)c2)cc1.I. The minimum absolute atomic E-state index is 0. The Bertz CT molecular complexity index is 726. The summed E-state index contributed by atoms with van der Waals surface area (Å²) in [6, 6.07) is 14.4. The Labute approximate surface area is 183 Å². The average molecular weight is 501 g/mol. The lowest BCUT2D eigenvalue weighted by atomic mass is 10.1. The first-order valence-electron chi connectivity index (χ1n) is 9.13. The van der Waals surface area contributed by atoms with Gasteiger partial charge in [0.05, 0.1) is 13.2 Å². The summed E-state index contributed by atoms with van der Waals surface area (Å²) in [5, 5.41) is 6.48. The van der Waals surface area contributed by atoms with Crippen LogP contribution in [0.1, 0.15) is 25.0 Å². The zero-order valence-corrected chi connectivity index (χ0v) is 18.9. The molecule has 2 aromatic rings. The molecular weight excluding hydrogens is 472 g/mol. The van der Waals surface area contributed by atoms with Crippen molar-refractivity contribution >= 4 is 29.9 Å². The van der Waals surface area contributed by atoms with E-state index in [0.29, 0.717) is 38.0 Å². The van der Waals surface area contributed by atoms with E-state index < -0.39 is 0 Å². The van der Waals surface area contributed by atoms with Crippen LogP contribution >= 0.6 is 24.0 Å². The number of nitrogens with one attached hydrogen (secondary N) is 2. The summed E-state index contributed by atoms with van der Waals surface area (Å²) in [5.74, 6) is 0.889. The lowest BCUT2D eigenvalue weighted by molar-refractivity contribution is 0.134. The first-order valence-corrected chi connectivity index (χ1v) is 9.13. The number of guanidine groups is 1. The number of ether oxygens (including phenoxy) is 2. The smallest absolute Gasteiger partial charge is 0.191 e. The summed E-state index contributed by atoms with van der Waals surface area (Å²) in [4.78, 5) is 4.21. The van der Waals surface area contributed by atoms with Gasteiger partial charge in [0.2, 0.25) is 0 Å². The van der Waals surface area contributed by atoms with Crippen LogP contribution in [0.3, 0.4) is 0 Å². The molecule has 0 aliphatic rings. The van der Waals surface area contributed by atoms with E-state index in [2.05, 4.69) is 39.9 Å². The molecule has 2 aromatic carbocycles. The molecule has 7 heteroatoms. The molecule has 0 amide bonds. The van der Waals surface area contributed by atoms with Crippen LogP contribution in [0.5, 0.6) is 5.75 Å². The monoisotopic (exact) mass is 501 g/mol. The van der Waals surface area contributed by atoms with Crippen LogP contribution in [0.15, 0.2) is 53.5 Å². The fourth-order valence-electron chi connectivity index (χ4n) is 2.43. The predicted molar refractivity (Wildman–Crippen MR) is 122 cm³/mol. The number of hydrogen-bond donors (Lipinski definition) is 2. The summed E-state index contributed by atoms with van der Waals surface area (Å²) < 4.78 is 24.3. The molecule has 0 heterocycles. The van der Waals surface area contributed by atoms with Gasteiger partial charge in [-0.2, -0.15) is 0 Å². The predicted octanol–water partition coefficient (Wildman–Crippen LogP) is 4.11. The average Bonchev–Trinajstić information content (AvgIpc) is 2.67. The summed E-state index contributed by atoms with van der Waals surface area (Å²) >= 11 is 0. The molecule has 154 valence electrons. The van der Waals surface area contributed by atoms with Crippen LogP contribution in [0.2, 0.25) is 0 Å². The van der Waals surface area contributed by atoms with E-state index in [-0.39, 0.29) is 35.9 Å². The van der Waals surface area contributed by atoms with E-state index in [1.165, 1.54) is 12.1 Å². The number of benzene rings is 2. The molecule has 0 spiro atoms. The van der Waals surface area contributed by atoms with Gasteiger partial charge in [0.15, 0.2) is 5.96 Å². The Morgan fingerprint density at radius 1 is 1.11 bits per heavy atom. The zero-order valence-electron chi connectivity index (χ0n) is 16.6. The van der Waals surface area contributed by atoms with Crippen molar-refractivity contribution in [2.75, 3.05) is 20.2 Å². The summed E-state index contributed by atoms with van der Waals surface area (Å²) in [6.07, 6.45) is -0.136. The van der Waals surface area contributed by atoms with Gasteiger partial charge in [0, 0.05) is 26.3 Å². The summed E-state index contributed by atoms with van der Waals surface area (Å²) in [7, 11) is 1.72. The van der Waals surface area contributed by atoms with Gasteiger partial charge in [-0.15, -0.1) is 24.0 Å². The first kappa shape index (κ1) is 24.2. The highest BCUT2D eigenvalue weighted by molar-refractivity contribution is 14.0. The maximum absolute atomic E-state index is 13.2. The van der Waals surface area contributed by atoms with E-state index in [1.54, 1.807) is 19.2 Å². The Morgan fingerprint density at radius 2 is 1.82 bits per heavy atom. The Hall–Kier alpha value is -1.87. The van der Waals surface area contributed by atoms with E-state index in [9.17, 15) is 4.39 Å². The molecule has 28 heavy (non-hydrogen) atoms. The number of aliphatic imine (C=N–C) groups is 1. The molecule has 0 radical (unpaired) electrons. The lowest BCUT2D eigenvalue weighted by Crippen LogP contribution is -2.41. The van der Waals surface area contributed by atoms with Crippen LogP contribution in [-0.2, 0) is 17.9 Å². The van der Waals surface area contributed by atoms with Crippen molar-refractivity contribution < 1.29 is 13.9 Å². The maximum Gasteiger partial charge on any atom is 0.191 e. The van der Waals surface area contributed by atoms with Crippen molar-refractivity contribution in [3.8, 4) is 5.75 Å². The van der Waals surface area contributed by atoms with Gasteiger partial charge in [-0.1, -0.05) is 30.3 Å². The normalized spacial score (nSPS) is 12.1. The van der Waals surface area contributed by atoms with Gasteiger partial charge in [-0.05, 0) is 37.1 Å². The Balaban J connectivity index is 0.00000392. The molecule has 0 fully saturated rings. The maximum atomic E-state index is 13.2. The highest BCUT2D eigenvalue weighted by Crippen LogP contribution is 2.13. The van der Waals surface area contributed by atoms with E-state index in [0.717, 1.165) is 11.1 Å². The molecule has 2 rings (SSSR count). The van der Waals surface area contributed by atoms with Gasteiger partial charge >= 0.3 is 0 Å². The fourth-order valence-corrected chi connectivity index (χ4v) is 2.43. The quantitative estimate of drug-likeness (QED) is 0.309. The van der Waals surface area contributed by atoms with Crippen LogP contribution in [0.25, 0.3) is 0 Å². The number of halogens is 2. The van der Waals surface area contributed by atoms with Crippen molar-refractivity contribution in [3.63, 3.8) is 0 Å². The van der Waals surface area contributed by atoms with E-state index in [4.69, 9.17) is 9.47 Å². The van der Waals surface area contributed by atoms with Crippen molar-refractivity contribution in [2.45, 2.75) is 33.1 Å². The first-order chi connectivity index (χ1) is 13.1. The van der Waals surface area contributed by atoms with Crippen molar-refractivity contribution in [1.82, 2.24) is 10.6 Å². The van der Waals surface area contributed by atoms with Crippen molar-refractivity contribution in [3.05, 3.63) is 65.5 Å². The van der Waals surface area contributed by atoms with Crippen LogP contribution in [-0.4, -0.2) is 32.3 Å². The summed E-state index contributed by atoms with van der Waals surface area (Å²) in [5.41, 5.74) is 2.31. The molecule has 0 aromatic heterocycles. The second-order valence-corrected chi connectivity index (χ2v) is 6.15. The van der Waals surface area contributed by atoms with Gasteiger partial charge in [0.25, 0.3) is 0 Å². The number of nitrogens with zero attached hydrogens (tertiary/aromatic N) is 1. The lowest BCUT2D eigenvalue weighted by Gasteiger charge is -2.18. The molecular formula is C21H29FIN3O2. The highest BCUT2D eigenvalue weighted by Gasteiger charge is 2.06. The minimum Gasteiger partial charge on any atom is -0.489 e. The number of hydrogen-bond acceptors (Lipinski definition) is 3. The third kappa shape index (κ3) is 8.88. The van der Waals surface area contributed by atoms with Gasteiger partial charge in [-0.3, -0.25) is 4.99 Å². The van der Waals surface area contributed by atoms with Gasteiger partial charge in [0.1, 0.15) is 17.7 Å². The summed E-state index contributed by atoms with van der Waals surface area (Å²) in [6.45, 7) is 6.46. The third-order valence-corrected chi connectivity index (χ3v) is 3.87. The van der Waals surface area contributed by atoms with E-state index in [1.807, 2.05) is 13.8 Å². The van der Waals surface area contributed by atoms with Crippen molar-refractivity contribution in [1.29, 1.82) is 0 Å².